The van der Waals surface area contributed by atoms with Gasteiger partial charge in [-0.05, 0) is 26.7 Å². The monoisotopic (exact) mass is 285 g/mol. The standard InChI is InChI=1S/C13H23N3O4/c1-9(2)16(7-5-11(17)18)12(19)10-4-3-6-15(8-10)13(14)20/h9-10H,3-8H2,1-2H3,(H2,14,20)(H,17,18). The lowest BCUT2D eigenvalue weighted by atomic mass is 9.96. The molecule has 1 saturated heterocycles. The van der Waals surface area contributed by atoms with Gasteiger partial charge in [0.1, 0.15) is 0 Å². The molecule has 1 rings (SSSR count). The molecule has 1 heterocycles. The van der Waals surface area contributed by atoms with Crippen LogP contribution in [-0.4, -0.2) is 58.5 Å². The van der Waals surface area contributed by atoms with E-state index in [0.717, 1.165) is 6.42 Å². The fraction of sp³-hybridized carbons (Fsp3) is 0.769. The molecule has 0 spiro atoms. The van der Waals surface area contributed by atoms with Crippen LogP contribution in [0.25, 0.3) is 0 Å². The maximum atomic E-state index is 12.5. The topological polar surface area (TPSA) is 104 Å². The summed E-state index contributed by atoms with van der Waals surface area (Å²) in [5.74, 6) is -1.30. The first-order valence-electron chi connectivity index (χ1n) is 6.89. The molecule has 0 bridgehead atoms. The minimum Gasteiger partial charge on any atom is -0.481 e. The van der Waals surface area contributed by atoms with Gasteiger partial charge >= 0.3 is 12.0 Å². The van der Waals surface area contributed by atoms with Gasteiger partial charge in [-0.1, -0.05) is 0 Å². The summed E-state index contributed by atoms with van der Waals surface area (Å²) in [5, 5.41) is 8.74. The fourth-order valence-electron chi connectivity index (χ4n) is 2.45. The van der Waals surface area contributed by atoms with E-state index in [2.05, 4.69) is 0 Å². The van der Waals surface area contributed by atoms with Gasteiger partial charge in [0, 0.05) is 25.7 Å². The first-order chi connectivity index (χ1) is 9.32. The lowest BCUT2D eigenvalue weighted by molar-refractivity contribution is -0.141. The Labute approximate surface area is 118 Å². The second kappa shape index (κ2) is 7.12. The molecule has 0 aromatic rings. The van der Waals surface area contributed by atoms with E-state index >= 15 is 0 Å². The average molecular weight is 285 g/mol. The second-order valence-corrected chi connectivity index (χ2v) is 5.39. The van der Waals surface area contributed by atoms with Gasteiger partial charge < -0.3 is 20.6 Å². The number of likely N-dealkylation sites (tertiary alicyclic amines) is 1. The van der Waals surface area contributed by atoms with Crippen molar-refractivity contribution >= 4 is 17.9 Å². The van der Waals surface area contributed by atoms with Crippen molar-refractivity contribution in [3.63, 3.8) is 0 Å². The molecule has 3 N–H and O–H groups in total. The van der Waals surface area contributed by atoms with Crippen molar-refractivity contribution < 1.29 is 19.5 Å². The van der Waals surface area contributed by atoms with Crippen LogP contribution in [0.1, 0.15) is 33.1 Å². The number of nitrogens with zero attached hydrogens (tertiary/aromatic N) is 2. The highest BCUT2D eigenvalue weighted by molar-refractivity contribution is 5.81. The van der Waals surface area contributed by atoms with Crippen LogP contribution in [0.2, 0.25) is 0 Å². The van der Waals surface area contributed by atoms with Crippen molar-refractivity contribution in [2.45, 2.75) is 39.2 Å². The van der Waals surface area contributed by atoms with Crippen LogP contribution in [0, 0.1) is 5.92 Å². The molecular formula is C13H23N3O4. The smallest absolute Gasteiger partial charge is 0.314 e. The maximum absolute atomic E-state index is 12.5. The van der Waals surface area contributed by atoms with E-state index in [4.69, 9.17) is 10.8 Å². The zero-order valence-electron chi connectivity index (χ0n) is 12.0. The summed E-state index contributed by atoms with van der Waals surface area (Å²) in [4.78, 5) is 37.4. The average Bonchev–Trinajstić information content (AvgIpc) is 2.38. The summed E-state index contributed by atoms with van der Waals surface area (Å²) in [6.45, 7) is 4.81. The van der Waals surface area contributed by atoms with Crippen molar-refractivity contribution in [3.8, 4) is 0 Å². The Morgan fingerprint density at radius 1 is 1.40 bits per heavy atom. The van der Waals surface area contributed by atoms with Crippen LogP contribution in [0.15, 0.2) is 0 Å². The number of primary amides is 1. The summed E-state index contributed by atoms with van der Waals surface area (Å²) in [7, 11) is 0. The van der Waals surface area contributed by atoms with Crippen molar-refractivity contribution in [1.82, 2.24) is 9.80 Å². The molecule has 0 aliphatic carbocycles. The van der Waals surface area contributed by atoms with Crippen LogP contribution in [0.4, 0.5) is 4.79 Å². The van der Waals surface area contributed by atoms with Gasteiger partial charge in [-0.15, -0.1) is 0 Å². The van der Waals surface area contributed by atoms with Crippen molar-refractivity contribution in [2.75, 3.05) is 19.6 Å². The predicted molar refractivity (Wildman–Crippen MR) is 73.0 cm³/mol. The molecule has 1 atom stereocenters. The third-order valence-corrected chi connectivity index (χ3v) is 3.56. The van der Waals surface area contributed by atoms with Crippen LogP contribution in [0.5, 0.6) is 0 Å². The van der Waals surface area contributed by atoms with E-state index in [1.165, 1.54) is 4.90 Å². The molecule has 114 valence electrons. The third-order valence-electron chi connectivity index (χ3n) is 3.56. The number of hydrogen-bond donors (Lipinski definition) is 2. The number of carboxylic acids is 1. The summed E-state index contributed by atoms with van der Waals surface area (Å²) in [6.07, 6.45) is 1.37. The number of urea groups is 1. The Balaban J connectivity index is 2.68. The van der Waals surface area contributed by atoms with Crippen LogP contribution in [0.3, 0.4) is 0 Å². The van der Waals surface area contributed by atoms with E-state index in [1.54, 1.807) is 4.90 Å². The van der Waals surface area contributed by atoms with Gasteiger partial charge in [0.05, 0.1) is 12.3 Å². The molecule has 1 unspecified atom stereocenters. The number of carboxylic acid groups (broad SMARTS) is 1. The highest BCUT2D eigenvalue weighted by Crippen LogP contribution is 2.20. The molecule has 1 aliphatic rings. The van der Waals surface area contributed by atoms with Crippen molar-refractivity contribution in [3.05, 3.63) is 0 Å². The van der Waals surface area contributed by atoms with Crippen LogP contribution < -0.4 is 5.73 Å². The Hall–Kier alpha value is -1.79. The molecule has 1 fully saturated rings. The third kappa shape index (κ3) is 4.40. The molecule has 0 saturated carbocycles. The summed E-state index contributed by atoms with van der Waals surface area (Å²) in [6, 6.07) is -0.574. The lowest BCUT2D eigenvalue weighted by Crippen LogP contribution is -2.50. The van der Waals surface area contributed by atoms with Gasteiger partial charge in [-0.25, -0.2) is 4.79 Å². The van der Waals surface area contributed by atoms with Crippen molar-refractivity contribution in [2.24, 2.45) is 11.7 Å². The maximum Gasteiger partial charge on any atom is 0.314 e. The first kappa shape index (κ1) is 16.3. The highest BCUT2D eigenvalue weighted by Gasteiger charge is 2.31. The first-order valence-corrected chi connectivity index (χ1v) is 6.89. The number of nitrogens with two attached hydrogens (primary N) is 1. The van der Waals surface area contributed by atoms with Gasteiger partial charge in [0.25, 0.3) is 0 Å². The molecule has 0 aromatic carbocycles. The molecule has 1 aliphatic heterocycles. The minimum absolute atomic E-state index is 0.0641. The zero-order valence-corrected chi connectivity index (χ0v) is 12.0. The number of carbonyl (C=O) groups excluding carboxylic acids is 2. The molecule has 0 aromatic heterocycles. The van der Waals surface area contributed by atoms with E-state index in [0.29, 0.717) is 19.5 Å². The minimum atomic E-state index is -0.925. The van der Waals surface area contributed by atoms with Crippen molar-refractivity contribution in [1.29, 1.82) is 0 Å². The second-order valence-electron chi connectivity index (χ2n) is 5.39. The zero-order chi connectivity index (χ0) is 15.3. The number of carbonyl (C=O) groups is 3. The number of hydrogen-bond acceptors (Lipinski definition) is 3. The Morgan fingerprint density at radius 2 is 2.05 bits per heavy atom. The number of piperidine rings is 1. The molecular weight excluding hydrogens is 262 g/mol. The molecule has 3 amide bonds. The largest absolute Gasteiger partial charge is 0.481 e. The molecule has 0 radical (unpaired) electrons. The van der Waals surface area contributed by atoms with Gasteiger partial charge in [0.15, 0.2) is 0 Å². The number of amides is 3. The SMILES string of the molecule is CC(C)N(CCC(=O)O)C(=O)C1CCCN(C(N)=O)C1. The van der Waals surface area contributed by atoms with E-state index < -0.39 is 12.0 Å². The molecule has 7 nitrogen and oxygen atoms in total. The Kier molecular flexibility index (Phi) is 5.79. The summed E-state index contributed by atoms with van der Waals surface area (Å²) < 4.78 is 0. The summed E-state index contributed by atoms with van der Waals surface area (Å²) in [5.41, 5.74) is 5.25. The normalized spacial score (nSPS) is 18.9. The van der Waals surface area contributed by atoms with Crippen LogP contribution in [-0.2, 0) is 9.59 Å². The van der Waals surface area contributed by atoms with Crippen LogP contribution >= 0.6 is 0 Å². The number of aliphatic carboxylic acids is 1. The fourth-order valence-corrected chi connectivity index (χ4v) is 2.45. The van der Waals surface area contributed by atoms with Gasteiger partial charge in [-0.2, -0.15) is 0 Å². The Morgan fingerprint density at radius 3 is 2.55 bits per heavy atom. The van der Waals surface area contributed by atoms with E-state index in [1.807, 2.05) is 13.8 Å². The molecule has 7 heteroatoms. The Bertz CT molecular complexity index is 384. The number of rotatable bonds is 5. The van der Waals surface area contributed by atoms with Gasteiger partial charge in [0.2, 0.25) is 5.91 Å². The van der Waals surface area contributed by atoms with E-state index in [-0.39, 0.29) is 30.8 Å². The quantitative estimate of drug-likeness (QED) is 0.767. The molecule has 20 heavy (non-hydrogen) atoms. The van der Waals surface area contributed by atoms with Gasteiger partial charge in [-0.3, -0.25) is 9.59 Å². The highest BCUT2D eigenvalue weighted by atomic mass is 16.4. The lowest BCUT2D eigenvalue weighted by Gasteiger charge is -2.35. The predicted octanol–water partition coefficient (Wildman–Crippen LogP) is 0.489. The summed E-state index contributed by atoms with van der Waals surface area (Å²) >= 11 is 0. The van der Waals surface area contributed by atoms with E-state index in [9.17, 15) is 14.4 Å².